The number of alkyl halides is 2. The van der Waals surface area contributed by atoms with Crippen molar-refractivity contribution in [2.24, 2.45) is 5.73 Å². The van der Waals surface area contributed by atoms with E-state index in [0.717, 1.165) is 28.2 Å². The van der Waals surface area contributed by atoms with E-state index in [9.17, 15) is 18.7 Å². The zero-order valence-corrected chi connectivity index (χ0v) is 28.0. The number of primary amides is 1. The fraction of sp³-hybridized carbons (Fsp3) is 0.438. The summed E-state index contributed by atoms with van der Waals surface area (Å²) in [5.74, 6) is -0.579. The van der Waals surface area contributed by atoms with Crippen LogP contribution in [-0.2, 0) is 17.6 Å². The van der Waals surface area contributed by atoms with E-state index >= 15 is 0 Å². The minimum Gasteiger partial charge on any atom is -0.484 e. The van der Waals surface area contributed by atoms with Crippen molar-refractivity contribution in [1.82, 2.24) is 9.38 Å². The van der Waals surface area contributed by atoms with Gasteiger partial charge < -0.3 is 24.7 Å². The third kappa shape index (κ3) is 6.83. The lowest BCUT2D eigenvalue weighted by Gasteiger charge is -2.42. The van der Waals surface area contributed by atoms with E-state index in [0.29, 0.717) is 39.2 Å². The van der Waals surface area contributed by atoms with Crippen LogP contribution in [0.2, 0.25) is 16.6 Å². The molecule has 0 bridgehead atoms. The molecule has 12 heteroatoms. The van der Waals surface area contributed by atoms with Gasteiger partial charge in [0, 0.05) is 17.8 Å². The number of nitrogens with zero attached hydrogens (tertiary/aromatic N) is 2. The van der Waals surface area contributed by atoms with E-state index in [1.165, 1.54) is 6.07 Å². The summed E-state index contributed by atoms with van der Waals surface area (Å²) < 4.78 is 45.8. The second-order valence-corrected chi connectivity index (χ2v) is 18.4. The third-order valence-electron chi connectivity index (χ3n) is 8.16. The van der Waals surface area contributed by atoms with Crippen molar-refractivity contribution < 1.29 is 32.6 Å². The monoisotopic (exact) mass is 645 g/mol. The molecule has 3 heterocycles. The minimum absolute atomic E-state index is 0.119. The summed E-state index contributed by atoms with van der Waals surface area (Å²) in [4.78, 5) is 17.9. The summed E-state index contributed by atoms with van der Waals surface area (Å²) in [5.41, 5.74) is 10.3. The lowest BCUT2D eigenvalue weighted by Crippen LogP contribution is -2.47. The number of benzene rings is 1. The highest BCUT2D eigenvalue weighted by Crippen LogP contribution is 2.43. The fourth-order valence-electron chi connectivity index (χ4n) is 6.23. The first kappa shape index (κ1) is 33.6. The van der Waals surface area contributed by atoms with Crippen molar-refractivity contribution in [3.8, 4) is 22.1 Å². The molecule has 3 N–H and O–H groups in total. The van der Waals surface area contributed by atoms with Gasteiger partial charge in [0.2, 0.25) is 8.32 Å². The number of carbonyl (C=O) groups excluding carboxylic acids is 1. The molecule has 3 aromatic heterocycles. The van der Waals surface area contributed by atoms with Crippen LogP contribution in [0.4, 0.5) is 8.78 Å². The second kappa shape index (κ2) is 13.8. The Labute approximate surface area is 261 Å². The van der Waals surface area contributed by atoms with Crippen LogP contribution < -0.4 is 15.2 Å². The van der Waals surface area contributed by atoms with Crippen molar-refractivity contribution in [2.75, 3.05) is 0 Å². The molecule has 0 saturated carbocycles. The molecule has 1 amide bonds. The van der Waals surface area contributed by atoms with Gasteiger partial charge in [-0.25, -0.2) is 4.98 Å². The molecule has 4 rings (SSSR count). The standard InChI is InChI=1S/C32H41F2N3O5SSi/c1-18(2)44(19(3)4,20(5)6)40-17-23-9-11-29-36-14-25(37(29)15-23)28-13-27(30(43-28)31(35)39)41-21(7)24-10-8-22(16-38)12-26(24)42-32(33)34/h8-15,18-21,32,38H,16-17H2,1-7H3,(H2,35,39). The molecule has 0 radical (unpaired) electrons. The Hall–Kier alpha value is -3.32. The van der Waals surface area contributed by atoms with E-state index in [1.54, 1.807) is 31.3 Å². The summed E-state index contributed by atoms with van der Waals surface area (Å²) >= 11 is 1.16. The number of aromatic nitrogens is 2. The van der Waals surface area contributed by atoms with E-state index in [2.05, 4.69) is 46.5 Å². The summed E-state index contributed by atoms with van der Waals surface area (Å²) in [5, 5.41) is 9.44. The Morgan fingerprint density at radius 3 is 2.23 bits per heavy atom. The fourth-order valence-corrected chi connectivity index (χ4v) is 12.6. The Balaban J connectivity index is 1.66. The van der Waals surface area contributed by atoms with Crippen molar-refractivity contribution in [2.45, 2.75) is 91.0 Å². The quantitative estimate of drug-likeness (QED) is 0.134. The molecule has 1 atom stereocenters. The topological polar surface area (TPSA) is 108 Å². The Kier molecular flexibility index (Phi) is 10.5. The summed E-state index contributed by atoms with van der Waals surface area (Å²) in [7, 11) is -2.07. The van der Waals surface area contributed by atoms with Gasteiger partial charge in [0.15, 0.2) is 0 Å². The van der Waals surface area contributed by atoms with Crippen LogP contribution in [0.15, 0.2) is 48.8 Å². The lowest BCUT2D eigenvalue weighted by molar-refractivity contribution is -0.0513. The Morgan fingerprint density at radius 1 is 0.977 bits per heavy atom. The highest BCUT2D eigenvalue weighted by atomic mass is 32.1. The third-order valence-corrected chi connectivity index (χ3v) is 15.4. The molecule has 1 aromatic carbocycles. The highest BCUT2D eigenvalue weighted by molar-refractivity contribution is 7.17. The van der Waals surface area contributed by atoms with Crippen LogP contribution in [0.25, 0.3) is 16.2 Å². The first-order valence-corrected chi connectivity index (χ1v) is 17.6. The number of nitrogens with two attached hydrogens (primary N) is 1. The number of amides is 1. The largest absolute Gasteiger partial charge is 0.484 e. The van der Waals surface area contributed by atoms with Gasteiger partial charge in [-0.05, 0) is 46.8 Å². The number of aliphatic hydroxyl groups is 1. The molecule has 1 unspecified atom stereocenters. The number of carbonyl (C=O) groups is 1. The van der Waals surface area contributed by atoms with Crippen LogP contribution in [0.1, 0.15) is 80.9 Å². The zero-order chi connectivity index (χ0) is 32.3. The number of halogens is 2. The van der Waals surface area contributed by atoms with E-state index < -0.39 is 26.9 Å². The summed E-state index contributed by atoms with van der Waals surface area (Å²) in [6.45, 7) is 12.3. The molecular weight excluding hydrogens is 605 g/mol. The normalized spacial score (nSPS) is 13.0. The first-order valence-electron chi connectivity index (χ1n) is 14.7. The molecule has 0 aliphatic carbocycles. The lowest BCUT2D eigenvalue weighted by atomic mass is 10.1. The number of imidazole rings is 1. The van der Waals surface area contributed by atoms with Crippen LogP contribution in [0.3, 0.4) is 0 Å². The number of fused-ring (bicyclic) bond motifs is 1. The summed E-state index contributed by atoms with van der Waals surface area (Å²) in [6.07, 6.45) is 2.94. The van der Waals surface area contributed by atoms with Crippen molar-refractivity contribution in [3.05, 3.63) is 70.4 Å². The molecule has 238 valence electrons. The van der Waals surface area contributed by atoms with Crippen LogP contribution in [0, 0.1) is 0 Å². The number of thiophene rings is 1. The van der Waals surface area contributed by atoms with Crippen LogP contribution >= 0.6 is 11.3 Å². The predicted molar refractivity (Wildman–Crippen MR) is 171 cm³/mol. The molecular formula is C32H41F2N3O5SSi. The van der Waals surface area contributed by atoms with Gasteiger partial charge in [0.25, 0.3) is 5.91 Å². The maximum atomic E-state index is 13.1. The predicted octanol–water partition coefficient (Wildman–Crippen LogP) is 8.09. The molecule has 0 aliphatic heterocycles. The van der Waals surface area contributed by atoms with Gasteiger partial charge in [-0.15, -0.1) is 11.3 Å². The molecule has 0 spiro atoms. The van der Waals surface area contributed by atoms with Gasteiger partial charge >= 0.3 is 6.61 Å². The second-order valence-electron chi connectivity index (χ2n) is 11.9. The summed E-state index contributed by atoms with van der Waals surface area (Å²) in [6, 6.07) is 10.1. The van der Waals surface area contributed by atoms with E-state index in [1.807, 2.05) is 22.7 Å². The number of pyridine rings is 1. The Bertz CT molecular complexity index is 1580. The van der Waals surface area contributed by atoms with E-state index in [-0.39, 0.29) is 23.0 Å². The SMILES string of the molecule is CC(Oc1cc(-c2cnc3ccc(CO[Si](C(C)C)(C(C)C)C(C)C)cn23)sc1C(N)=O)c1ccc(CO)cc1OC(F)F. The molecule has 0 aliphatic rings. The van der Waals surface area contributed by atoms with E-state index in [4.69, 9.17) is 19.6 Å². The maximum absolute atomic E-state index is 13.1. The van der Waals surface area contributed by atoms with Crippen LogP contribution in [0.5, 0.6) is 11.5 Å². The van der Waals surface area contributed by atoms with Crippen molar-refractivity contribution in [3.63, 3.8) is 0 Å². The highest BCUT2D eigenvalue weighted by Gasteiger charge is 2.45. The van der Waals surface area contributed by atoms with Gasteiger partial charge in [0.1, 0.15) is 28.1 Å². The first-order chi connectivity index (χ1) is 20.8. The molecule has 0 saturated heterocycles. The van der Waals surface area contributed by atoms with Gasteiger partial charge in [-0.2, -0.15) is 8.78 Å². The molecule has 0 fully saturated rings. The molecule has 44 heavy (non-hydrogen) atoms. The number of ether oxygens (including phenoxy) is 2. The number of hydrogen-bond acceptors (Lipinski definition) is 7. The van der Waals surface area contributed by atoms with Gasteiger partial charge in [-0.1, -0.05) is 59.7 Å². The smallest absolute Gasteiger partial charge is 0.387 e. The maximum Gasteiger partial charge on any atom is 0.387 e. The zero-order valence-electron chi connectivity index (χ0n) is 26.1. The number of rotatable bonds is 14. The minimum atomic E-state index is -3.06. The van der Waals surface area contributed by atoms with Gasteiger partial charge in [0.05, 0.1) is 30.0 Å². The molecule has 8 nitrogen and oxygen atoms in total. The number of aliphatic hydroxyl groups excluding tert-OH is 1. The number of hydrogen-bond donors (Lipinski definition) is 2. The van der Waals surface area contributed by atoms with Crippen molar-refractivity contribution in [1.29, 1.82) is 0 Å². The Morgan fingerprint density at radius 2 is 1.64 bits per heavy atom. The van der Waals surface area contributed by atoms with Crippen LogP contribution in [-0.4, -0.2) is 35.3 Å². The van der Waals surface area contributed by atoms with Gasteiger partial charge in [-0.3, -0.25) is 9.20 Å². The average molecular weight is 646 g/mol. The molecule has 4 aromatic rings. The average Bonchev–Trinajstić information content (AvgIpc) is 3.56. The van der Waals surface area contributed by atoms with Crippen molar-refractivity contribution >= 4 is 31.2 Å².